The largest absolute Gasteiger partial charge is 0.461 e. The van der Waals surface area contributed by atoms with Crippen LogP contribution in [-0.4, -0.2) is 22.1 Å². The van der Waals surface area contributed by atoms with Gasteiger partial charge in [-0.3, -0.25) is 4.57 Å². The van der Waals surface area contributed by atoms with Crippen LogP contribution >= 0.6 is 23.2 Å². The zero-order valence-electron chi connectivity index (χ0n) is 11.0. The number of carbonyl (C=O) groups excluding carboxylic acids is 1. The first-order valence-electron chi connectivity index (χ1n) is 5.93. The minimum Gasteiger partial charge on any atom is -0.461 e. The first-order valence-corrected chi connectivity index (χ1v) is 6.69. The molecule has 0 fully saturated rings. The molecule has 0 amide bonds. The van der Waals surface area contributed by atoms with Gasteiger partial charge in [0.05, 0.1) is 22.3 Å². The van der Waals surface area contributed by atoms with Gasteiger partial charge in [0.2, 0.25) is 0 Å². The lowest BCUT2D eigenvalue weighted by molar-refractivity contribution is 0.0521. The standard InChI is InChI=1S/C13H13Cl2N3O2/c1-3-20-13(19)11-12(16)18(7(2)17-11)9-6-4-5-8(14)10(9)15/h4-6H,3,16H2,1-2H3. The van der Waals surface area contributed by atoms with Gasteiger partial charge in [0, 0.05) is 0 Å². The number of hydrogen-bond acceptors (Lipinski definition) is 4. The van der Waals surface area contributed by atoms with Crippen LogP contribution in [-0.2, 0) is 4.74 Å². The summed E-state index contributed by atoms with van der Waals surface area (Å²) in [5.41, 5.74) is 6.62. The minimum atomic E-state index is -0.565. The van der Waals surface area contributed by atoms with Crippen LogP contribution in [0.1, 0.15) is 23.2 Å². The summed E-state index contributed by atoms with van der Waals surface area (Å²) in [5, 5.41) is 0.742. The lowest BCUT2D eigenvalue weighted by Gasteiger charge is -2.10. The Hall–Kier alpha value is -1.72. The van der Waals surface area contributed by atoms with Crippen molar-refractivity contribution >= 4 is 35.0 Å². The number of nitrogens with two attached hydrogens (primary N) is 1. The van der Waals surface area contributed by atoms with Crippen LogP contribution in [0.25, 0.3) is 5.69 Å². The zero-order chi connectivity index (χ0) is 14.9. The number of esters is 1. The van der Waals surface area contributed by atoms with E-state index in [0.29, 0.717) is 21.6 Å². The summed E-state index contributed by atoms with van der Waals surface area (Å²) in [7, 11) is 0. The number of benzene rings is 1. The number of anilines is 1. The molecule has 0 aliphatic rings. The fourth-order valence-corrected chi connectivity index (χ4v) is 2.25. The lowest BCUT2D eigenvalue weighted by atomic mass is 10.3. The molecule has 0 unspecified atom stereocenters. The predicted molar refractivity (Wildman–Crippen MR) is 78.7 cm³/mol. The number of rotatable bonds is 3. The summed E-state index contributed by atoms with van der Waals surface area (Å²) in [4.78, 5) is 15.9. The number of halogens is 2. The number of carbonyl (C=O) groups is 1. The smallest absolute Gasteiger partial charge is 0.360 e. The Bertz CT molecular complexity index is 668. The van der Waals surface area contributed by atoms with Crippen LogP contribution in [0.4, 0.5) is 5.82 Å². The first-order chi connectivity index (χ1) is 9.47. The topological polar surface area (TPSA) is 70.1 Å². The van der Waals surface area contributed by atoms with Gasteiger partial charge in [-0.1, -0.05) is 29.3 Å². The summed E-state index contributed by atoms with van der Waals surface area (Å²) in [6.07, 6.45) is 0. The van der Waals surface area contributed by atoms with Crippen LogP contribution in [0.15, 0.2) is 18.2 Å². The van der Waals surface area contributed by atoms with E-state index in [4.69, 9.17) is 33.7 Å². The Morgan fingerprint density at radius 1 is 1.45 bits per heavy atom. The Balaban J connectivity index is 2.59. The molecule has 0 atom stereocenters. The third-order valence-electron chi connectivity index (χ3n) is 2.72. The number of ether oxygens (including phenoxy) is 1. The van der Waals surface area contributed by atoms with Gasteiger partial charge in [-0.05, 0) is 26.0 Å². The average molecular weight is 314 g/mol. The number of aryl methyl sites for hydroxylation is 1. The molecule has 20 heavy (non-hydrogen) atoms. The van der Waals surface area contributed by atoms with E-state index in [1.807, 2.05) is 0 Å². The van der Waals surface area contributed by atoms with Gasteiger partial charge in [0.25, 0.3) is 0 Å². The van der Waals surface area contributed by atoms with Crippen LogP contribution in [0, 0.1) is 6.92 Å². The van der Waals surface area contributed by atoms with E-state index in [1.54, 1.807) is 36.6 Å². The van der Waals surface area contributed by atoms with E-state index >= 15 is 0 Å². The molecule has 1 aromatic heterocycles. The molecule has 106 valence electrons. The number of nitrogens with zero attached hydrogens (tertiary/aromatic N) is 2. The Labute approximate surface area is 126 Å². The minimum absolute atomic E-state index is 0.0698. The van der Waals surface area contributed by atoms with Gasteiger partial charge in [-0.25, -0.2) is 9.78 Å². The second-order valence-corrected chi connectivity index (χ2v) is 4.81. The van der Waals surface area contributed by atoms with Crippen molar-refractivity contribution in [2.45, 2.75) is 13.8 Å². The normalized spacial score (nSPS) is 10.6. The molecule has 0 radical (unpaired) electrons. The van der Waals surface area contributed by atoms with Gasteiger partial charge >= 0.3 is 5.97 Å². The highest BCUT2D eigenvalue weighted by molar-refractivity contribution is 6.43. The Morgan fingerprint density at radius 2 is 2.15 bits per heavy atom. The van der Waals surface area contributed by atoms with E-state index < -0.39 is 5.97 Å². The maximum absolute atomic E-state index is 11.8. The van der Waals surface area contributed by atoms with Crippen molar-refractivity contribution in [3.8, 4) is 5.69 Å². The van der Waals surface area contributed by atoms with Crippen LogP contribution in [0.2, 0.25) is 10.0 Å². The van der Waals surface area contributed by atoms with Crippen LogP contribution in [0.5, 0.6) is 0 Å². The van der Waals surface area contributed by atoms with E-state index in [9.17, 15) is 4.79 Å². The van der Waals surface area contributed by atoms with Gasteiger partial charge in [-0.15, -0.1) is 0 Å². The molecule has 1 aromatic carbocycles. The lowest BCUT2D eigenvalue weighted by Crippen LogP contribution is -2.09. The van der Waals surface area contributed by atoms with Crippen molar-refractivity contribution in [2.24, 2.45) is 0 Å². The summed E-state index contributed by atoms with van der Waals surface area (Å²) in [5.74, 6) is 0.129. The molecular formula is C13H13Cl2N3O2. The molecule has 0 bridgehead atoms. The van der Waals surface area contributed by atoms with Crippen molar-refractivity contribution < 1.29 is 9.53 Å². The van der Waals surface area contributed by atoms with Gasteiger partial charge in [0.15, 0.2) is 5.69 Å². The summed E-state index contributed by atoms with van der Waals surface area (Å²) in [6.45, 7) is 3.68. The third kappa shape index (κ3) is 2.46. The monoisotopic (exact) mass is 313 g/mol. The third-order valence-corrected chi connectivity index (χ3v) is 3.53. The van der Waals surface area contributed by atoms with Crippen molar-refractivity contribution in [1.29, 1.82) is 0 Å². The van der Waals surface area contributed by atoms with Gasteiger partial charge in [-0.2, -0.15) is 0 Å². The maximum atomic E-state index is 11.8. The second kappa shape index (κ2) is 5.73. The molecule has 0 saturated heterocycles. The zero-order valence-corrected chi connectivity index (χ0v) is 12.5. The quantitative estimate of drug-likeness (QED) is 0.883. The van der Waals surface area contributed by atoms with Gasteiger partial charge < -0.3 is 10.5 Å². The first kappa shape index (κ1) is 14.7. The maximum Gasteiger partial charge on any atom is 0.360 e. The Morgan fingerprint density at radius 3 is 2.80 bits per heavy atom. The molecule has 2 rings (SSSR count). The summed E-state index contributed by atoms with van der Waals surface area (Å²) < 4.78 is 6.48. The predicted octanol–water partition coefficient (Wildman–Crippen LogP) is 3.25. The Kier molecular flexibility index (Phi) is 4.20. The van der Waals surface area contributed by atoms with E-state index in [-0.39, 0.29) is 18.1 Å². The average Bonchev–Trinajstić information content (AvgIpc) is 2.69. The molecule has 5 nitrogen and oxygen atoms in total. The molecule has 0 saturated carbocycles. The fraction of sp³-hybridized carbons (Fsp3) is 0.231. The molecule has 2 aromatic rings. The highest BCUT2D eigenvalue weighted by atomic mass is 35.5. The highest BCUT2D eigenvalue weighted by Crippen LogP contribution is 2.31. The number of hydrogen-bond donors (Lipinski definition) is 1. The summed E-state index contributed by atoms with van der Waals surface area (Å²) in [6, 6.07) is 5.16. The van der Waals surface area contributed by atoms with Crippen molar-refractivity contribution in [2.75, 3.05) is 12.3 Å². The van der Waals surface area contributed by atoms with Crippen LogP contribution in [0.3, 0.4) is 0 Å². The van der Waals surface area contributed by atoms with Crippen molar-refractivity contribution in [3.05, 3.63) is 39.8 Å². The van der Waals surface area contributed by atoms with Crippen molar-refractivity contribution in [1.82, 2.24) is 9.55 Å². The molecule has 7 heteroatoms. The number of nitrogen functional groups attached to an aromatic ring is 1. The molecule has 2 N–H and O–H groups in total. The molecule has 0 aliphatic heterocycles. The van der Waals surface area contributed by atoms with Gasteiger partial charge in [0.1, 0.15) is 11.6 Å². The molecule has 0 aliphatic carbocycles. The van der Waals surface area contributed by atoms with E-state index in [0.717, 1.165) is 0 Å². The molecular weight excluding hydrogens is 301 g/mol. The van der Waals surface area contributed by atoms with E-state index in [1.165, 1.54) is 0 Å². The van der Waals surface area contributed by atoms with Crippen molar-refractivity contribution in [3.63, 3.8) is 0 Å². The summed E-state index contributed by atoms with van der Waals surface area (Å²) >= 11 is 12.2. The van der Waals surface area contributed by atoms with Crippen LogP contribution < -0.4 is 5.73 Å². The molecule has 0 spiro atoms. The second-order valence-electron chi connectivity index (χ2n) is 4.02. The SMILES string of the molecule is CCOC(=O)c1nc(C)n(-c2cccc(Cl)c2Cl)c1N. The number of aromatic nitrogens is 2. The van der Waals surface area contributed by atoms with E-state index in [2.05, 4.69) is 4.98 Å². The fourth-order valence-electron chi connectivity index (χ4n) is 1.87. The molecule has 1 heterocycles. The number of imidazole rings is 1. The highest BCUT2D eigenvalue weighted by Gasteiger charge is 2.22.